The van der Waals surface area contributed by atoms with Crippen LogP contribution in [-0.4, -0.2) is 93.2 Å². The summed E-state index contributed by atoms with van der Waals surface area (Å²) in [6.07, 6.45) is 5.09. The summed E-state index contributed by atoms with van der Waals surface area (Å²) < 4.78 is 7.48. The van der Waals surface area contributed by atoms with Crippen molar-refractivity contribution in [1.82, 2.24) is 34.4 Å². The molecule has 188 valence electrons. The number of rotatable bonds is 8. The van der Waals surface area contributed by atoms with Crippen LogP contribution in [-0.2, 0) is 11.2 Å². The summed E-state index contributed by atoms with van der Waals surface area (Å²) in [6, 6.07) is 2.39. The second-order valence-electron chi connectivity index (χ2n) is 9.37. The Kier molecular flexibility index (Phi) is 7.34. The van der Waals surface area contributed by atoms with Crippen LogP contribution in [0, 0.1) is 6.92 Å². The molecule has 0 aromatic carbocycles. The van der Waals surface area contributed by atoms with Gasteiger partial charge in [0.2, 0.25) is 5.91 Å². The molecular weight excluding hydrogens is 446 g/mol. The average molecular weight is 482 g/mol. The molecular formula is C24H35N9O2. The number of nitrogens with two attached hydrogens (primary N) is 1. The van der Waals surface area contributed by atoms with Crippen LogP contribution < -0.4 is 15.4 Å². The Bertz CT molecular complexity index is 1190. The molecule has 0 radical (unpaired) electrons. The van der Waals surface area contributed by atoms with E-state index in [0.717, 1.165) is 42.1 Å². The van der Waals surface area contributed by atoms with Gasteiger partial charge >= 0.3 is 6.01 Å². The fourth-order valence-corrected chi connectivity index (χ4v) is 4.16. The van der Waals surface area contributed by atoms with E-state index in [1.165, 1.54) is 0 Å². The molecule has 4 rings (SSSR count). The monoisotopic (exact) mass is 481 g/mol. The number of aryl methyl sites for hydroxylation is 1. The number of carbonyl (C=O) groups excluding carboxylic acids is 1. The van der Waals surface area contributed by atoms with E-state index in [0.29, 0.717) is 31.7 Å². The molecule has 1 aliphatic heterocycles. The highest BCUT2D eigenvalue weighted by molar-refractivity contribution is 5.78. The van der Waals surface area contributed by atoms with Crippen LogP contribution in [0.4, 0.5) is 11.6 Å². The van der Waals surface area contributed by atoms with Crippen LogP contribution in [0.2, 0.25) is 0 Å². The first-order chi connectivity index (χ1) is 16.7. The molecule has 1 saturated heterocycles. The summed E-state index contributed by atoms with van der Waals surface area (Å²) in [7, 11) is 3.83. The lowest BCUT2D eigenvalue weighted by atomic mass is 10.1. The Hall–Kier alpha value is -3.47. The third-order valence-corrected chi connectivity index (χ3v) is 6.20. The number of likely N-dealkylation sites (N-methyl/N-ethyl adjacent to an activating group) is 1. The van der Waals surface area contributed by atoms with Crippen LogP contribution >= 0.6 is 0 Å². The number of carbonyl (C=O) groups is 1. The number of anilines is 2. The van der Waals surface area contributed by atoms with E-state index in [2.05, 4.69) is 33.0 Å². The quantitative estimate of drug-likeness (QED) is 0.509. The third kappa shape index (κ3) is 5.61. The van der Waals surface area contributed by atoms with Crippen molar-refractivity contribution in [3.05, 3.63) is 35.3 Å². The topological polar surface area (TPSA) is 118 Å². The van der Waals surface area contributed by atoms with Crippen molar-refractivity contribution in [2.75, 3.05) is 57.5 Å². The zero-order valence-electron chi connectivity index (χ0n) is 21.2. The maximum Gasteiger partial charge on any atom is 0.336 e. The number of hydrogen-bond acceptors (Lipinski definition) is 9. The molecule has 3 aromatic rings. The van der Waals surface area contributed by atoms with Gasteiger partial charge in [-0.2, -0.15) is 4.98 Å². The van der Waals surface area contributed by atoms with Gasteiger partial charge in [0.25, 0.3) is 0 Å². The highest BCUT2D eigenvalue weighted by Gasteiger charge is 2.23. The molecule has 1 amide bonds. The minimum Gasteiger partial charge on any atom is -0.459 e. The van der Waals surface area contributed by atoms with Gasteiger partial charge in [0, 0.05) is 38.8 Å². The van der Waals surface area contributed by atoms with Gasteiger partial charge in [-0.3, -0.25) is 4.79 Å². The van der Waals surface area contributed by atoms with Gasteiger partial charge in [-0.15, -0.1) is 5.10 Å². The van der Waals surface area contributed by atoms with E-state index < -0.39 is 0 Å². The number of imidazole rings is 1. The van der Waals surface area contributed by atoms with Crippen molar-refractivity contribution in [3.8, 4) is 6.01 Å². The number of amides is 1. The second kappa shape index (κ2) is 10.4. The first-order valence-corrected chi connectivity index (χ1v) is 12.0. The second-order valence-corrected chi connectivity index (χ2v) is 9.37. The number of nitrogens with zero attached hydrogens (tertiary/aromatic N) is 8. The van der Waals surface area contributed by atoms with Gasteiger partial charge in [-0.05, 0) is 45.5 Å². The van der Waals surface area contributed by atoms with Crippen molar-refractivity contribution >= 4 is 23.2 Å². The largest absolute Gasteiger partial charge is 0.459 e. The standard InChI is InChI=1S/C24H35N9O2/c1-6-17(3)35-24-28-21(25)23-27-14-19(33(23)29-24)12-18-11-16(2)22(26-13-18)32-9-7-31(8-10-32)20(34)15-30(4)5/h11,13-14,17H,6-10,12,15H2,1-5H3,(H2,25,28,29)/t17-/m1/s1. The summed E-state index contributed by atoms with van der Waals surface area (Å²) >= 11 is 0. The predicted octanol–water partition coefficient (Wildman–Crippen LogP) is 1.39. The summed E-state index contributed by atoms with van der Waals surface area (Å²) in [4.78, 5) is 31.8. The molecule has 4 heterocycles. The lowest BCUT2D eigenvalue weighted by Gasteiger charge is -2.36. The number of fused-ring (bicyclic) bond motifs is 1. The predicted molar refractivity (Wildman–Crippen MR) is 135 cm³/mol. The Morgan fingerprint density at radius 3 is 2.60 bits per heavy atom. The summed E-state index contributed by atoms with van der Waals surface area (Å²) in [5, 5.41) is 4.51. The molecule has 1 aliphatic rings. The number of ether oxygens (including phenoxy) is 1. The van der Waals surface area contributed by atoms with Gasteiger partial charge in [0.15, 0.2) is 11.5 Å². The van der Waals surface area contributed by atoms with E-state index in [1.54, 1.807) is 10.7 Å². The number of pyridine rings is 1. The van der Waals surface area contributed by atoms with Crippen LogP contribution in [0.25, 0.3) is 5.65 Å². The zero-order valence-corrected chi connectivity index (χ0v) is 21.2. The molecule has 0 unspecified atom stereocenters. The highest BCUT2D eigenvalue weighted by atomic mass is 16.5. The van der Waals surface area contributed by atoms with Crippen LogP contribution in [0.3, 0.4) is 0 Å². The SMILES string of the molecule is CC[C@@H](C)Oc1nc(N)c2ncc(Cc3cnc(N4CCN(C(=O)CN(C)C)CC4)c(C)c3)n2n1. The molecule has 11 nitrogen and oxygen atoms in total. The number of hydrogen-bond donors (Lipinski definition) is 1. The molecule has 3 aromatic heterocycles. The zero-order chi connectivity index (χ0) is 25.1. The van der Waals surface area contributed by atoms with Crippen molar-refractivity contribution in [2.45, 2.75) is 39.7 Å². The summed E-state index contributed by atoms with van der Waals surface area (Å²) in [6.45, 7) is 9.48. The van der Waals surface area contributed by atoms with Crippen molar-refractivity contribution in [3.63, 3.8) is 0 Å². The number of aromatic nitrogens is 5. The molecule has 0 saturated carbocycles. The Labute approximate surface area is 205 Å². The van der Waals surface area contributed by atoms with Gasteiger partial charge < -0.3 is 25.2 Å². The fourth-order valence-electron chi connectivity index (χ4n) is 4.16. The minimum absolute atomic E-state index is 0.00816. The van der Waals surface area contributed by atoms with Gasteiger partial charge in [-0.25, -0.2) is 14.5 Å². The van der Waals surface area contributed by atoms with Crippen LogP contribution in [0.15, 0.2) is 18.5 Å². The molecule has 1 fully saturated rings. The molecule has 0 bridgehead atoms. The van der Waals surface area contributed by atoms with Crippen molar-refractivity contribution < 1.29 is 9.53 Å². The van der Waals surface area contributed by atoms with Gasteiger partial charge in [0.05, 0.1) is 24.5 Å². The molecule has 11 heteroatoms. The van der Waals surface area contributed by atoms with Gasteiger partial charge in [-0.1, -0.05) is 13.0 Å². The maximum absolute atomic E-state index is 12.3. The van der Waals surface area contributed by atoms with E-state index in [-0.39, 0.29) is 23.8 Å². The normalized spacial score (nSPS) is 15.1. The first kappa shape index (κ1) is 24.6. The van der Waals surface area contributed by atoms with E-state index in [1.807, 2.05) is 43.9 Å². The third-order valence-electron chi connectivity index (χ3n) is 6.20. The maximum atomic E-state index is 12.3. The first-order valence-electron chi connectivity index (χ1n) is 12.0. The summed E-state index contributed by atoms with van der Waals surface area (Å²) in [5.41, 5.74) is 9.64. The van der Waals surface area contributed by atoms with Crippen LogP contribution in [0.5, 0.6) is 6.01 Å². The fraction of sp³-hybridized carbons (Fsp3) is 0.542. The lowest BCUT2D eigenvalue weighted by molar-refractivity contribution is -0.132. The van der Waals surface area contributed by atoms with E-state index in [9.17, 15) is 4.79 Å². The highest BCUT2D eigenvalue weighted by Crippen LogP contribution is 2.22. The molecule has 35 heavy (non-hydrogen) atoms. The molecule has 0 spiro atoms. The average Bonchev–Trinajstić information content (AvgIpc) is 3.22. The molecule has 2 N–H and O–H groups in total. The van der Waals surface area contributed by atoms with Crippen molar-refractivity contribution in [2.24, 2.45) is 0 Å². The van der Waals surface area contributed by atoms with Crippen LogP contribution in [0.1, 0.15) is 37.1 Å². The number of piperazine rings is 1. The smallest absolute Gasteiger partial charge is 0.336 e. The van der Waals surface area contributed by atoms with E-state index >= 15 is 0 Å². The van der Waals surface area contributed by atoms with Gasteiger partial charge in [0.1, 0.15) is 5.82 Å². The summed E-state index contributed by atoms with van der Waals surface area (Å²) in [5.74, 6) is 1.42. The number of nitrogen functional groups attached to an aromatic ring is 1. The molecule has 0 aliphatic carbocycles. The Morgan fingerprint density at radius 1 is 1.20 bits per heavy atom. The minimum atomic E-state index is -0.00816. The lowest BCUT2D eigenvalue weighted by Crippen LogP contribution is -2.51. The van der Waals surface area contributed by atoms with Crippen molar-refractivity contribution in [1.29, 1.82) is 0 Å². The molecule has 1 atom stereocenters. The Balaban J connectivity index is 1.46. The van der Waals surface area contributed by atoms with E-state index in [4.69, 9.17) is 15.5 Å². The Morgan fingerprint density at radius 2 is 1.94 bits per heavy atom.